The maximum absolute atomic E-state index is 14.8. The Morgan fingerprint density at radius 2 is 1.81 bits per heavy atom. The monoisotopic (exact) mass is 454 g/mol. The fourth-order valence-electron chi connectivity index (χ4n) is 5.62. The van der Waals surface area contributed by atoms with E-state index in [0.717, 1.165) is 6.20 Å². The maximum Gasteiger partial charge on any atom is 0.410 e. The van der Waals surface area contributed by atoms with E-state index in [2.05, 4.69) is 15.0 Å². The van der Waals surface area contributed by atoms with Crippen LogP contribution in [0.2, 0.25) is 0 Å². The number of carbonyl (C=O) groups excluding carboxylic acids is 1. The molecule has 174 valence electrons. The third kappa shape index (κ3) is 3.16. The summed E-state index contributed by atoms with van der Waals surface area (Å²) in [6, 6.07) is 0. The Bertz CT molecular complexity index is 1060. The van der Waals surface area contributed by atoms with Crippen molar-refractivity contribution < 1.29 is 27.1 Å². The third-order valence-electron chi connectivity index (χ3n) is 7.20. The fraction of sp³-hybridized carbons (Fsp3) is 0.682. The number of hydrogen-bond donors (Lipinski definition) is 1. The summed E-state index contributed by atoms with van der Waals surface area (Å²) in [6.07, 6.45) is -2.29. The highest BCUT2D eigenvalue weighted by atomic mass is 19.4. The number of nitrogens with one attached hydrogen (secondary N) is 1. The minimum absolute atomic E-state index is 0.0232. The van der Waals surface area contributed by atoms with Crippen molar-refractivity contribution in [2.24, 2.45) is 5.41 Å². The van der Waals surface area contributed by atoms with Crippen molar-refractivity contribution in [3.05, 3.63) is 23.4 Å². The maximum atomic E-state index is 14.8. The molecule has 1 amide bonds. The number of rotatable bonds is 2. The zero-order valence-corrected chi connectivity index (χ0v) is 18.3. The van der Waals surface area contributed by atoms with Gasteiger partial charge in [-0.2, -0.15) is 13.2 Å². The van der Waals surface area contributed by atoms with Crippen LogP contribution < -0.4 is 0 Å². The molecule has 2 aromatic rings. The number of pyridine rings is 1. The Hall–Kier alpha value is -2.39. The highest BCUT2D eigenvalue weighted by Gasteiger charge is 2.79. The standard InChI is InChI=1S/C22H26F4N4O2/c1-19(2,3)32-18(31)30-6-4-12(5-7-30)14-13(23)8-27-16-15(14)28-17(29-16)20-9-21(10-20,11-20)22(24,25)26/h8,12H,4-7,9-11H2,1-3H3,(H,27,28,29). The van der Waals surface area contributed by atoms with Crippen LogP contribution in [-0.2, 0) is 10.2 Å². The van der Waals surface area contributed by atoms with Crippen LogP contribution in [-0.4, -0.2) is 50.8 Å². The van der Waals surface area contributed by atoms with Crippen molar-refractivity contribution in [2.45, 2.75) is 76.0 Å². The minimum Gasteiger partial charge on any atom is -0.444 e. The molecule has 4 fully saturated rings. The van der Waals surface area contributed by atoms with Crippen LogP contribution in [0.15, 0.2) is 6.20 Å². The second-order valence-electron chi connectivity index (χ2n) is 10.6. The molecule has 0 radical (unpaired) electrons. The number of imidazole rings is 1. The minimum atomic E-state index is -4.20. The van der Waals surface area contributed by atoms with Gasteiger partial charge < -0.3 is 14.6 Å². The molecule has 0 aromatic carbocycles. The van der Waals surface area contributed by atoms with E-state index < -0.39 is 28.4 Å². The lowest BCUT2D eigenvalue weighted by Gasteiger charge is -2.69. The number of nitrogens with zero attached hydrogens (tertiary/aromatic N) is 3. The molecular formula is C22H26F4N4O2. The summed E-state index contributed by atoms with van der Waals surface area (Å²) in [5.74, 6) is -0.140. The molecule has 1 N–H and O–H groups in total. The Kier molecular flexibility index (Phi) is 4.41. The highest BCUT2D eigenvalue weighted by Crippen LogP contribution is 2.78. The molecule has 2 bridgehead atoms. The zero-order valence-electron chi connectivity index (χ0n) is 18.3. The number of carbonyl (C=O) groups is 1. The lowest BCUT2D eigenvalue weighted by atomic mass is 9.34. The summed E-state index contributed by atoms with van der Waals surface area (Å²) in [7, 11) is 0. The van der Waals surface area contributed by atoms with Crippen LogP contribution >= 0.6 is 0 Å². The van der Waals surface area contributed by atoms with Gasteiger partial charge in [0.25, 0.3) is 0 Å². The highest BCUT2D eigenvalue weighted by molar-refractivity contribution is 5.76. The first kappa shape index (κ1) is 21.5. The normalized spacial score (nSPS) is 28.4. The summed E-state index contributed by atoms with van der Waals surface area (Å²) < 4.78 is 59.9. The fourth-order valence-corrected chi connectivity index (χ4v) is 5.62. The van der Waals surface area contributed by atoms with Gasteiger partial charge in [-0.1, -0.05) is 0 Å². The van der Waals surface area contributed by atoms with Gasteiger partial charge in [0, 0.05) is 24.1 Å². The molecule has 2 aromatic heterocycles. The van der Waals surface area contributed by atoms with Crippen molar-refractivity contribution in [2.75, 3.05) is 13.1 Å². The van der Waals surface area contributed by atoms with Gasteiger partial charge in [-0.25, -0.2) is 19.2 Å². The Morgan fingerprint density at radius 3 is 2.38 bits per heavy atom. The largest absolute Gasteiger partial charge is 0.444 e. The van der Waals surface area contributed by atoms with Crippen molar-refractivity contribution >= 4 is 17.3 Å². The second-order valence-corrected chi connectivity index (χ2v) is 10.6. The number of fused-ring (bicyclic) bond motifs is 1. The van der Waals surface area contributed by atoms with Gasteiger partial charge in [-0.3, -0.25) is 0 Å². The average Bonchev–Trinajstić information content (AvgIpc) is 3.00. The molecule has 1 saturated heterocycles. The number of aromatic nitrogens is 3. The predicted molar refractivity (Wildman–Crippen MR) is 108 cm³/mol. The summed E-state index contributed by atoms with van der Waals surface area (Å²) in [4.78, 5) is 25.6. The first-order valence-electron chi connectivity index (χ1n) is 10.9. The summed E-state index contributed by atoms with van der Waals surface area (Å²) in [5.41, 5.74) is -1.53. The van der Waals surface area contributed by atoms with Gasteiger partial charge in [0.05, 0.1) is 17.1 Å². The molecular weight excluding hydrogens is 428 g/mol. The number of aromatic amines is 1. The Labute approximate surface area is 182 Å². The van der Waals surface area contributed by atoms with Gasteiger partial charge in [0.15, 0.2) is 5.65 Å². The van der Waals surface area contributed by atoms with Gasteiger partial charge in [-0.05, 0) is 58.8 Å². The zero-order chi connectivity index (χ0) is 23.1. The molecule has 4 aliphatic rings. The van der Waals surface area contributed by atoms with Crippen molar-refractivity contribution in [3.8, 4) is 0 Å². The topological polar surface area (TPSA) is 71.1 Å². The third-order valence-corrected chi connectivity index (χ3v) is 7.20. The van der Waals surface area contributed by atoms with E-state index in [0.29, 0.717) is 48.5 Å². The van der Waals surface area contributed by atoms with Crippen molar-refractivity contribution in [1.82, 2.24) is 19.9 Å². The second kappa shape index (κ2) is 6.57. The van der Waals surface area contributed by atoms with Gasteiger partial charge >= 0.3 is 12.3 Å². The molecule has 6 rings (SSSR count). The molecule has 0 spiro atoms. The van der Waals surface area contributed by atoms with E-state index in [1.165, 1.54) is 0 Å². The van der Waals surface area contributed by atoms with Gasteiger partial charge in [0.2, 0.25) is 0 Å². The van der Waals surface area contributed by atoms with Crippen LogP contribution in [0.5, 0.6) is 0 Å². The average molecular weight is 454 g/mol. The molecule has 1 aliphatic heterocycles. The number of amides is 1. The molecule has 10 heteroatoms. The number of halogens is 4. The predicted octanol–water partition coefficient (Wildman–Crippen LogP) is 5.20. The van der Waals surface area contributed by atoms with E-state index in [-0.39, 0.29) is 31.3 Å². The first-order valence-corrected chi connectivity index (χ1v) is 10.9. The smallest absolute Gasteiger partial charge is 0.410 e. The van der Waals surface area contributed by atoms with E-state index in [1.54, 1.807) is 25.7 Å². The number of H-pyrrole nitrogens is 1. The summed E-state index contributed by atoms with van der Waals surface area (Å²) in [6.45, 7) is 6.28. The van der Waals surface area contributed by atoms with E-state index >= 15 is 0 Å². The number of ether oxygens (including phenoxy) is 1. The van der Waals surface area contributed by atoms with Crippen LogP contribution in [0.25, 0.3) is 11.2 Å². The molecule has 0 unspecified atom stereocenters. The molecule has 3 saturated carbocycles. The van der Waals surface area contributed by atoms with Crippen LogP contribution in [0.1, 0.15) is 70.2 Å². The lowest BCUT2D eigenvalue weighted by Crippen LogP contribution is -2.70. The van der Waals surface area contributed by atoms with Crippen LogP contribution in [0.4, 0.5) is 22.4 Å². The Balaban J connectivity index is 1.35. The molecule has 32 heavy (non-hydrogen) atoms. The number of likely N-dealkylation sites (tertiary alicyclic amines) is 1. The van der Waals surface area contributed by atoms with Gasteiger partial charge in [0.1, 0.15) is 17.2 Å². The quantitative estimate of drug-likeness (QED) is 0.634. The number of hydrogen-bond acceptors (Lipinski definition) is 4. The van der Waals surface area contributed by atoms with E-state index in [9.17, 15) is 22.4 Å². The molecule has 0 atom stereocenters. The van der Waals surface area contributed by atoms with E-state index in [4.69, 9.17) is 4.74 Å². The van der Waals surface area contributed by atoms with Crippen molar-refractivity contribution in [3.63, 3.8) is 0 Å². The molecule has 3 heterocycles. The SMILES string of the molecule is CC(C)(C)OC(=O)N1CCC(c2c(F)cnc3nc(C45CC(C(F)(F)F)(C4)C5)[nH]c23)CC1. The number of alkyl halides is 3. The van der Waals surface area contributed by atoms with Crippen molar-refractivity contribution in [1.29, 1.82) is 0 Å². The molecule has 3 aliphatic carbocycles. The Morgan fingerprint density at radius 1 is 1.19 bits per heavy atom. The van der Waals surface area contributed by atoms with E-state index in [1.807, 2.05) is 0 Å². The van der Waals surface area contributed by atoms with Gasteiger partial charge in [-0.15, -0.1) is 0 Å². The lowest BCUT2D eigenvalue weighted by molar-refractivity contribution is -0.338. The summed E-state index contributed by atoms with van der Waals surface area (Å²) >= 11 is 0. The number of piperidine rings is 1. The molecule has 6 nitrogen and oxygen atoms in total. The van der Waals surface area contributed by atoms with Crippen LogP contribution in [0, 0.1) is 11.2 Å². The first-order chi connectivity index (χ1) is 14.8. The summed E-state index contributed by atoms with van der Waals surface area (Å²) in [5, 5.41) is 0. The van der Waals surface area contributed by atoms with Crippen LogP contribution in [0.3, 0.4) is 0 Å².